The number of rotatable bonds is 4. The first-order valence-corrected chi connectivity index (χ1v) is 6.92. The van der Waals surface area contributed by atoms with E-state index in [1.807, 2.05) is 0 Å². The van der Waals surface area contributed by atoms with E-state index in [1.54, 1.807) is 6.92 Å². The SMILES string of the molecule is CCOC(=O)C(=O)NCC(C)(C)C1CCCCC1. The summed E-state index contributed by atoms with van der Waals surface area (Å²) in [6.45, 7) is 6.79. The third-order valence-electron chi connectivity index (χ3n) is 3.88. The molecule has 0 radical (unpaired) electrons. The molecule has 0 heterocycles. The monoisotopic (exact) mass is 255 g/mol. The Morgan fingerprint density at radius 3 is 2.39 bits per heavy atom. The molecule has 1 rings (SSSR count). The lowest BCUT2D eigenvalue weighted by molar-refractivity contribution is -0.154. The van der Waals surface area contributed by atoms with Crippen molar-refractivity contribution in [3.8, 4) is 0 Å². The number of esters is 1. The highest BCUT2D eigenvalue weighted by atomic mass is 16.5. The minimum Gasteiger partial charge on any atom is -0.459 e. The third-order valence-corrected chi connectivity index (χ3v) is 3.88. The molecule has 0 aromatic heterocycles. The van der Waals surface area contributed by atoms with Crippen LogP contribution < -0.4 is 5.32 Å². The van der Waals surface area contributed by atoms with Crippen molar-refractivity contribution in [2.75, 3.05) is 13.2 Å². The molecule has 1 fully saturated rings. The first-order valence-electron chi connectivity index (χ1n) is 6.92. The van der Waals surface area contributed by atoms with Crippen molar-refractivity contribution < 1.29 is 14.3 Å². The molecule has 0 unspecified atom stereocenters. The average molecular weight is 255 g/mol. The van der Waals surface area contributed by atoms with E-state index in [-0.39, 0.29) is 12.0 Å². The zero-order valence-corrected chi connectivity index (χ0v) is 11.8. The van der Waals surface area contributed by atoms with Crippen LogP contribution in [0.4, 0.5) is 0 Å². The molecule has 0 aliphatic heterocycles. The van der Waals surface area contributed by atoms with Crippen molar-refractivity contribution in [3.05, 3.63) is 0 Å². The largest absolute Gasteiger partial charge is 0.459 e. The molecule has 1 aliphatic rings. The lowest BCUT2D eigenvalue weighted by Gasteiger charge is -2.37. The summed E-state index contributed by atoms with van der Waals surface area (Å²) in [6.07, 6.45) is 6.33. The Bertz CT molecular complexity index is 293. The zero-order valence-electron chi connectivity index (χ0n) is 11.8. The van der Waals surface area contributed by atoms with Crippen LogP contribution in [0.15, 0.2) is 0 Å². The number of hydrogen-bond acceptors (Lipinski definition) is 3. The minimum absolute atomic E-state index is 0.0442. The summed E-state index contributed by atoms with van der Waals surface area (Å²) in [5.41, 5.74) is 0.0442. The summed E-state index contributed by atoms with van der Waals surface area (Å²) in [5, 5.41) is 2.69. The molecule has 1 aliphatic carbocycles. The van der Waals surface area contributed by atoms with Crippen LogP contribution in [-0.4, -0.2) is 25.0 Å². The molecule has 1 amide bonds. The molecule has 0 spiro atoms. The molecule has 0 saturated heterocycles. The van der Waals surface area contributed by atoms with Crippen molar-refractivity contribution in [3.63, 3.8) is 0 Å². The zero-order chi connectivity index (χ0) is 13.6. The van der Waals surface area contributed by atoms with Crippen LogP contribution in [0.25, 0.3) is 0 Å². The summed E-state index contributed by atoms with van der Waals surface area (Å²) in [4.78, 5) is 22.7. The number of hydrogen-bond donors (Lipinski definition) is 1. The van der Waals surface area contributed by atoms with Gasteiger partial charge in [0.25, 0.3) is 0 Å². The number of carbonyl (C=O) groups excluding carboxylic acids is 2. The summed E-state index contributed by atoms with van der Waals surface area (Å²) in [7, 11) is 0. The highest BCUT2D eigenvalue weighted by molar-refractivity contribution is 6.32. The average Bonchev–Trinajstić information content (AvgIpc) is 2.37. The van der Waals surface area contributed by atoms with Crippen LogP contribution in [-0.2, 0) is 14.3 Å². The van der Waals surface area contributed by atoms with Crippen molar-refractivity contribution in [2.24, 2.45) is 11.3 Å². The number of nitrogens with one attached hydrogen (secondary N) is 1. The minimum atomic E-state index is -0.781. The van der Waals surface area contributed by atoms with Crippen molar-refractivity contribution >= 4 is 11.9 Å². The van der Waals surface area contributed by atoms with Gasteiger partial charge >= 0.3 is 11.9 Å². The first kappa shape index (κ1) is 15.0. The van der Waals surface area contributed by atoms with Crippen LogP contribution in [0.1, 0.15) is 52.9 Å². The molecular weight excluding hydrogens is 230 g/mol. The van der Waals surface area contributed by atoms with E-state index in [0.717, 1.165) is 0 Å². The Morgan fingerprint density at radius 2 is 1.83 bits per heavy atom. The van der Waals surface area contributed by atoms with E-state index in [0.29, 0.717) is 12.5 Å². The van der Waals surface area contributed by atoms with Gasteiger partial charge in [-0.2, -0.15) is 0 Å². The van der Waals surface area contributed by atoms with Gasteiger partial charge in [0.1, 0.15) is 0 Å². The highest BCUT2D eigenvalue weighted by Crippen LogP contribution is 2.37. The van der Waals surface area contributed by atoms with E-state index in [2.05, 4.69) is 23.9 Å². The second-order valence-corrected chi connectivity index (χ2v) is 5.73. The maximum absolute atomic E-state index is 11.5. The molecule has 0 atom stereocenters. The van der Waals surface area contributed by atoms with Gasteiger partial charge < -0.3 is 10.1 Å². The van der Waals surface area contributed by atoms with Gasteiger partial charge in [-0.15, -0.1) is 0 Å². The van der Waals surface area contributed by atoms with Crippen molar-refractivity contribution in [1.82, 2.24) is 5.32 Å². The van der Waals surface area contributed by atoms with Crippen molar-refractivity contribution in [2.45, 2.75) is 52.9 Å². The Balaban J connectivity index is 2.40. The molecule has 0 bridgehead atoms. The molecule has 18 heavy (non-hydrogen) atoms. The standard InChI is InChI=1S/C14H25NO3/c1-4-18-13(17)12(16)15-10-14(2,3)11-8-6-5-7-9-11/h11H,4-10H2,1-3H3,(H,15,16). The first-order chi connectivity index (χ1) is 8.47. The maximum atomic E-state index is 11.5. The van der Waals surface area contributed by atoms with Gasteiger partial charge in [0.05, 0.1) is 6.61 Å². The molecule has 4 nitrogen and oxygen atoms in total. The van der Waals surface area contributed by atoms with Crippen LogP contribution in [0, 0.1) is 11.3 Å². The van der Waals surface area contributed by atoms with Crippen LogP contribution in [0.3, 0.4) is 0 Å². The van der Waals surface area contributed by atoms with Gasteiger partial charge in [0.2, 0.25) is 0 Å². The van der Waals surface area contributed by atoms with Crippen LogP contribution in [0.5, 0.6) is 0 Å². The Hall–Kier alpha value is -1.06. The van der Waals surface area contributed by atoms with E-state index >= 15 is 0 Å². The highest BCUT2D eigenvalue weighted by Gasteiger charge is 2.31. The van der Waals surface area contributed by atoms with E-state index in [9.17, 15) is 9.59 Å². The second-order valence-electron chi connectivity index (χ2n) is 5.73. The number of amides is 1. The molecule has 4 heteroatoms. The summed E-state index contributed by atoms with van der Waals surface area (Å²) >= 11 is 0. The Morgan fingerprint density at radius 1 is 1.22 bits per heavy atom. The molecule has 0 aromatic carbocycles. The van der Waals surface area contributed by atoms with Crippen LogP contribution >= 0.6 is 0 Å². The topological polar surface area (TPSA) is 55.4 Å². The van der Waals surface area contributed by atoms with E-state index in [4.69, 9.17) is 0 Å². The van der Waals surface area contributed by atoms with E-state index < -0.39 is 11.9 Å². The Labute approximate surface area is 109 Å². The van der Waals surface area contributed by atoms with Gasteiger partial charge in [-0.1, -0.05) is 33.1 Å². The van der Waals surface area contributed by atoms with Gasteiger partial charge in [-0.3, -0.25) is 4.79 Å². The van der Waals surface area contributed by atoms with Gasteiger partial charge in [0, 0.05) is 6.54 Å². The second kappa shape index (κ2) is 6.76. The third kappa shape index (κ3) is 4.31. The fourth-order valence-corrected chi connectivity index (χ4v) is 2.61. The number of ether oxygens (including phenoxy) is 1. The quantitative estimate of drug-likeness (QED) is 0.619. The maximum Gasteiger partial charge on any atom is 0.396 e. The summed E-state index contributed by atoms with van der Waals surface area (Å²) in [5.74, 6) is -0.772. The molecule has 0 aromatic rings. The van der Waals surface area contributed by atoms with Gasteiger partial charge in [-0.25, -0.2) is 4.79 Å². The normalized spacial score (nSPS) is 17.3. The summed E-state index contributed by atoms with van der Waals surface area (Å²) in [6, 6.07) is 0. The van der Waals surface area contributed by atoms with Gasteiger partial charge in [0.15, 0.2) is 0 Å². The van der Waals surface area contributed by atoms with Crippen LogP contribution in [0.2, 0.25) is 0 Å². The predicted molar refractivity (Wildman–Crippen MR) is 70.0 cm³/mol. The lowest BCUT2D eigenvalue weighted by atomic mass is 9.71. The molecular formula is C14H25NO3. The fourth-order valence-electron chi connectivity index (χ4n) is 2.61. The molecule has 1 saturated carbocycles. The Kier molecular flexibility index (Phi) is 5.63. The molecule has 1 N–H and O–H groups in total. The number of carbonyl (C=O) groups is 2. The van der Waals surface area contributed by atoms with Gasteiger partial charge in [-0.05, 0) is 31.1 Å². The fraction of sp³-hybridized carbons (Fsp3) is 0.857. The smallest absolute Gasteiger partial charge is 0.396 e. The van der Waals surface area contributed by atoms with E-state index in [1.165, 1.54) is 32.1 Å². The lowest BCUT2D eigenvalue weighted by Crippen LogP contribution is -2.42. The predicted octanol–water partition coefficient (Wildman–Crippen LogP) is 2.27. The van der Waals surface area contributed by atoms with Crippen molar-refractivity contribution in [1.29, 1.82) is 0 Å². The molecule has 104 valence electrons. The summed E-state index contributed by atoms with van der Waals surface area (Å²) < 4.78 is 4.66.